The van der Waals surface area contributed by atoms with Crippen molar-refractivity contribution < 1.29 is 4.74 Å². The van der Waals surface area contributed by atoms with E-state index in [1.165, 1.54) is 0 Å². The summed E-state index contributed by atoms with van der Waals surface area (Å²) in [6.07, 6.45) is 9.82. The number of hydrogen-bond acceptors (Lipinski definition) is 2. The molecule has 2 nitrogen and oxygen atoms in total. The molecule has 0 aliphatic heterocycles. The van der Waals surface area contributed by atoms with Crippen LogP contribution in [0.1, 0.15) is 12.8 Å². The third-order valence-electron chi connectivity index (χ3n) is 1.93. The molecule has 0 aromatic carbocycles. The summed E-state index contributed by atoms with van der Waals surface area (Å²) in [7, 11) is 0. The van der Waals surface area contributed by atoms with Crippen LogP contribution >= 0.6 is 15.9 Å². The van der Waals surface area contributed by atoms with E-state index in [9.17, 15) is 0 Å². The lowest BCUT2D eigenvalue weighted by molar-refractivity contribution is 0.385. The lowest BCUT2D eigenvalue weighted by Gasteiger charge is -2.10. The lowest BCUT2D eigenvalue weighted by atomic mass is 10.2. The molecule has 0 atom stereocenters. The Morgan fingerprint density at radius 3 is 3.07 bits per heavy atom. The van der Waals surface area contributed by atoms with Gasteiger partial charge in [-0.15, -0.1) is 0 Å². The van der Waals surface area contributed by atoms with Gasteiger partial charge in [0.05, 0.1) is 4.47 Å². The topological polar surface area (TPSA) is 22.1 Å². The van der Waals surface area contributed by atoms with Crippen molar-refractivity contribution in [1.82, 2.24) is 4.98 Å². The molecule has 14 heavy (non-hydrogen) atoms. The van der Waals surface area contributed by atoms with Crippen molar-refractivity contribution in [2.45, 2.75) is 12.8 Å². The van der Waals surface area contributed by atoms with E-state index in [0.717, 1.165) is 23.1 Å². The van der Waals surface area contributed by atoms with Gasteiger partial charge in [0, 0.05) is 12.6 Å². The minimum Gasteiger partial charge on any atom is -0.442 e. The summed E-state index contributed by atoms with van der Waals surface area (Å²) in [6.45, 7) is 0. The molecule has 3 heteroatoms. The van der Waals surface area contributed by atoms with Crippen molar-refractivity contribution in [1.29, 1.82) is 0 Å². The second kappa shape index (κ2) is 4.42. The Balaban J connectivity index is 2.14. The fourth-order valence-corrected chi connectivity index (χ4v) is 1.57. The molecule has 0 saturated heterocycles. The number of nitrogens with zero attached hydrogens (tertiary/aromatic N) is 1. The molecule has 0 fully saturated rings. The highest BCUT2D eigenvalue weighted by Crippen LogP contribution is 2.24. The van der Waals surface area contributed by atoms with Gasteiger partial charge in [0.15, 0.2) is 0 Å². The van der Waals surface area contributed by atoms with E-state index in [1.807, 2.05) is 24.3 Å². The number of aromatic nitrogens is 1. The van der Waals surface area contributed by atoms with E-state index >= 15 is 0 Å². The first-order chi connectivity index (χ1) is 6.86. The van der Waals surface area contributed by atoms with Crippen molar-refractivity contribution in [2.24, 2.45) is 0 Å². The average Bonchev–Trinajstić information content (AvgIpc) is 2.23. The SMILES string of the molecule is Brc1cccnc1OC1=CC=CCC1. The van der Waals surface area contributed by atoms with Crippen molar-refractivity contribution in [2.75, 3.05) is 0 Å². The number of hydrogen-bond donors (Lipinski definition) is 0. The smallest absolute Gasteiger partial charge is 0.233 e. The fourth-order valence-electron chi connectivity index (χ4n) is 1.24. The van der Waals surface area contributed by atoms with Gasteiger partial charge in [0.1, 0.15) is 5.76 Å². The predicted molar refractivity (Wildman–Crippen MR) is 59.0 cm³/mol. The van der Waals surface area contributed by atoms with Gasteiger partial charge in [-0.2, -0.15) is 0 Å². The first kappa shape index (κ1) is 9.46. The van der Waals surface area contributed by atoms with Crippen LogP contribution in [0.3, 0.4) is 0 Å². The second-order valence-electron chi connectivity index (χ2n) is 2.99. The van der Waals surface area contributed by atoms with Gasteiger partial charge in [-0.05, 0) is 40.6 Å². The average molecular weight is 252 g/mol. The van der Waals surface area contributed by atoms with Gasteiger partial charge in [-0.25, -0.2) is 4.98 Å². The zero-order valence-corrected chi connectivity index (χ0v) is 9.20. The van der Waals surface area contributed by atoms with Crippen LogP contribution < -0.4 is 4.74 Å². The maximum atomic E-state index is 5.64. The Kier molecular flexibility index (Phi) is 2.99. The standard InChI is InChI=1S/C11H10BrNO/c12-10-7-4-8-13-11(10)14-9-5-2-1-3-6-9/h1-2,4-5,7-8H,3,6H2. The molecule has 1 aliphatic rings. The largest absolute Gasteiger partial charge is 0.442 e. The molecule has 0 bridgehead atoms. The zero-order valence-electron chi connectivity index (χ0n) is 7.61. The van der Waals surface area contributed by atoms with E-state index in [-0.39, 0.29) is 0 Å². The van der Waals surface area contributed by atoms with Crippen LogP contribution in [0.4, 0.5) is 0 Å². The Labute approximate surface area is 91.4 Å². The Morgan fingerprint density at radius 2 is 2.36 bits per heavy atom. The van der Waals surface area contributed by atoms with Crippen LogP contribution in [-0.4, -0.2) is 4.98 Å². The number of halogens is 1. The minimum atomic E-state index is 0.633. The highest BCUT2D eigenvalue weighted by Gasteiger charge is 2.06. The zero-order chi connectivity index (χ0) is 9.80. The van der Waals surface area contributed by atoms with Gasteiger partial charge in [0.25, 0.3) is 0 Å². The molecule has 0 spiro atoms. The summed E-state index contributed by atoms with van der Waals surface area (Å²) in [5, 5.41) is 0. The molecule has 0 saturated carbocycles. The molecule has 1 heterocycles. The molecule has 1 aliphatic carbocycles. The molecule has 0 amide bonds. The first-order valence-electron chi connectivity index (χ1n) is 4.50. The molecular weight excluding hydrogens is 242 g/mol. The molecule has 0 N–H and O–H groups in total. The summed E-state index contributed by atoms with van der Waals surface area (Å²) in [6, 6.07) is 3.79. The monoisotopic (exact) mass is 251 g/mol. The minimum absolute atomic E-state index is 0.633. The van der Waals surface area contributed by atoms with Gasteiger partial charge in [0.2, 0.25) is 5.88 Å². The van der Waals surface area contributed by atoms with E-state index in [0.29, 0.717) is 5.88 Å². The maximum absolute atomic E-state index is 5.64. The van der Waals surface area contributed by atoms with Crippen molar-refractivity contribution in [3.8, 4) is 5.88 Å². The number of pyridine rings is 1. The molecule has 72 valence electrons. The quantitative estimate of drug-likeness (QED) is 0.804. The van der Waals surface area contributed by atoms with E-state index in [4.69, 9.17) is 4.74 Å². The normalized spacial score (nSPS) is 15.1. The van der Waals surface area contributed by atoms with Crippen molar-refractivity contribution >= 4 is 15.9 Å². The molecule has 0 radical (unpaired) electrons. The third kappa shape index (κ3) is 2.23. The molecule has 1 aromatic rings. The van der Waals surface area contributed by atoms with Gasteiger partial charge < -0.3 is 4.74 Å². The highest BCUT2D eigenvalue weighted by atomic mass is 79.9. The second-order valence-corrected chi connectivity index (χ2v) is 3.85. The Morgan fingerprint density at radius 1 is 1.43 bits per heavy atom. The summed E-state index contributed by atoms with van der Waals surface area (Å²) in [5.41, 5.74) is 0. The molecule has 1 aromatic heterocycles. The third-order valence-corrected chi connectivity index (χ3v) is 2.53. The first-order valence-corrected chi connectivity index (χ1v) is 5.29. The van der Waals surface area contributed by atoms with E-state index in [2.05, 4.69) is 27.0 Å². The highest BCUT2D eigenvalue weighted by molar-refractivity contribution is 9.10. The Hall–Kier alpha value is -1.09. The molecule has 2 rings (SSSR count). The molecule has 0 unspecified atom stereocenters. The predicted octanol–water partition coefficient (Wildman–Crippen LogP) is 3.46. The number of allylic oxidation sites excluding steroid dienone is 4. The van der Waals surface area contributed by atoms with Crippen molar-refractivity contribution in [3.63, 3.8) is 0 Å². The molecular formula is C11H10BrNO. The Bertz CT molecular complexity index is 385. The van der Waals surface area contributed by atoms with E-state index in [1.54, 1.807) is 6.20 Å². The van der Waals surface area contributed by atoms with Gasteiger partial charge in [-0.3, -0.25) is 0 Å². The van der Waals surface area contributed by atoms with Crippen LogP contribution in [0.2, 0.25) is 0 Å². The van der Waals surface area contributed by atoms with E-state index < -0.39 is 0 Å². The maximum Gasteiger partial charge on any atom is 0.233 e. The summed E-state index contributed by atoms with van der Waals surface area (Å²) in [5.74, 6) is 1.60. The van der Waals surface area contributed by atoms with Crippen LogP contribution in [0.15, 0.2) is 46.8 Å². The van der Waals surface area contributed by atoms with Gasteiger partial charge in [-0.1, -0.05) is 12.2 Å². The summed E-state index contributed by atoms with van der Waals surface area (Å²) >= 11 is 3.39. The fraction of sp³-hybridized carbons (Fsp3) is 0.182. The van der Waals surface area contributed by atoms with Crippen LogP contribution in [0.25, 0.3) is 0 Å². The van der Waals surface area contributed by atoms with Crippen LogP contribution in [0.5, 0.6) is 5.88 Å². The van der Waals surface area contributed by atoms with Crippen molar-refractivity contribution in [3.05, 3.63) is 46.8 Å². The van der Waals surface area contributed by atoms with Crippen LogP contribution in [0, 0.1) is 0 Å². The van der Waals surface area contributed by atoms with Crippen LogP contribution in [-0.2, 0) is 0 Å². The number of rotatable bonds is 2. The van der Waals surface area contributed by atoms with Gasteiger partial charge >= 0.3 is 0 Å². The summed E-state index contributed by atoms with van der Waals surface area (Å²) < 4.78 is 6.52. The number of ether oxygens (including phenoxy) is 1. The summed E-state index contributed by atoms with van der Waals surface area (Å²) in [4.78, 5) is 4.14. The lowest BCUT2D eigenvalue weighted by Crippen LogP contribution is -1.99.